The number of carboxylic acid groups (broad SMARTS) is 1. The first-order valence-corrected chi connectivity index (χ1v) is 9.08. The number of carbonyl (C=O) groups is 3. The van der Waals surface area contributed by atoms with Gasteiger partial charge in [-0.05, 0) is 29.3 Å². The third-order valence-corrected chi connectivity index (χ3v) is 5.05. The van der Waals surface area contributed by atoms with Gasteiger partial charge >= 0.3 is 0 Å². The lowest BCUT2D eigenvalue weighted by molar-refractivity contribution is -0.255. The molecule has 27 heavy (non-hydrogen) atoms. The minimum Gasteiger partial charge on any atom is -0.545 e. The van der Waals surface area contributed by atoms with Crippen molar-refractivity contribution in [2.75, 3.05) is 11.9 Å². The highest BCUT2D eigenvalue weighted by Crippen LogP contribution is 2.32. The number of carboxylic acids is 1. The summed E-state index contributed by atoms with van der Waals surface area (Å²) >= 11 is 6.36. The molecular weight excluding hydrogens is 384 g/mol. The summed E-state index contributed by atoms with van der Waals surface area (Å²) in [5.74, 6) is -2.06. The number of nitrogens with zero attached hydrogens (tertiary/aromatic N) is 1. The van der Waals surface area contributed by atoms with Crippen LogP contribution in [-0.4, -0.2) is 33.5 Å². The number of carbonyl (C=O) groups excluding carboxylic acids is 3. The second kappa shape index (κ2) is 8.15. The fraction of sp³-hybridized carbons (Fsp3) is 0.0526. The maximum Gasteiger partial charge on any atom is 0.266 e. The maximum atomic E-state index is 12.5. The van der Waals surface area contributed by atoms with E-state index in [2.05, 4.69) is 5.32 Å². The van der Waals surface area contributed by atoms with Crippen LogP contribution in [-0.2, 0) is 9.59 Å². The van der Waals surface area contributed by atoms with Crippen molar-refractivity contribution >= 4 is 57.8 Å². The molecule has 1 fully saturated rings. The number of thiocarbonyl (C=S) groups is 1. The van der Waals surface area contributed by atoms with Gasteiger partial charge in [0.1, 0.15) is 10.9 Å². The van der Waals surface area contributed by atoms with Crippen molar-refractivity contribution in [3.05, 3.63) is 70.6 Å². The van der Waals surface area contributed by atoms with Gasteiger partial charge in [-0.2, -0.15) is 0 Å². The van der Waals surface area contributed by atoms with Crippen LogP contribution in [0.25, 0.3) is 6.08 Å². The van der Waals surface area contributed by atoms with E-state index in [1.54, 1.807) is 6.08 Å². The predicted octanol–water partition coefficient (Wildman–Crippen LogP) is 1.89. The molecule has 1 saturated heterocycles. The molecule has 1 heterocycles. The monoisotopic (exact) mass is 397 g/mol. The summed E-state index contributed by atoms with van der Waals surface area (Å²) in [6.07, 6.45) is 1.73. The van der Waals surface area contributed by atoms with Crippen LogP contribution in [0.5, 0.6) is 0 Å². The Kier molecular flexibility index (Phi) is 5.68. The minimum atomic E-state index is -1.30. The Morgan fingerprint density at radius 1 is 1.11 bits per heavy atom. The summed E-state index contributed by atoms with van der Waals surface area (Å²) in [5, 5.41) is 13.3. The van der Waals surface area contributed by atoms with Crippen LogP contribution >= 0.6 is 24.0 Å². The molecule has 3 rings (SSSR count). The zero-order chi connectivity index (χ0) is 19.4. The quantitative estimate of drug-likeness (QED) is 0.612. The van der Waals surface area contributed by atoms with Gasteiger partial charge in [-0.15, -0.1) is 0 Å². The third-order valence-electron chi connectivity index (χ3n) is 3.68. The van der Waals surface area contributed by atoms with Gasteiger partial charge in [-0.3, -0.25) is 14.5 Å². The lowest BCUT2D eigenvalue weighted by Gasteiger charge is -2.14. The Bertz CT molecular complexity index is 940. The summed E-state index contributed by atoms with van der Waals surface area (Å²) in [6.45, 7) is -0.223. The number of thioether (sulfide) groups is 1. The molecule has 6 nitrogen and oxygen atoms in total. The predicted molar refractivity (Wildman–Crippen MR) is 106 cm³/mol. The molecule has 0 aromatic heterocycles. The molecule has 136 valence electrons. The summed E-state index contributed by atoms with van der Waals surface area (Å²) in [4.78, 5) is 37.2. The van der Waals surface area contributed by atoms with Crippen LogP contribution in [0.1, 0.15) is 15.9 Å². The molecule has 1 aliphatic heterocycles. The lowest BCUT2D eigenvalue weighted by atomic mass is 10.2. The molecule has 2 aromatic carbocycles. The van der Waals surface area contributed by atoms with Crippen molar-refractivity contribution in [2.45, 2.75) is 0 Å². The molecule has 0 bridgehead atoms. The third kappa shape index (κ3) is 4.60. The topological polar surface area (TPSA) is 89.5 Å². The Balaban J connectivity index is 1.65. The summed E-state index contributed by atoms with van der Waals surface area (Å²) < 4.78 is 0.310. The first kappa shape index (κ1) is 18.8. The summed E-state index contributed by atoms with van der Waals surface area (Å²) in [7, 11) is 0. The molecular formula is C19H13N2O4S2-. The lowest BCUT2D eigenvalue weighted by Crippen LogP contribution is -2.36. The number of anilines is 1. The van der Waals surface area contributed by atoms with Crippen molar-refractivity contribution in [1.82, 2.24) is 4.90 Å². The van der Waals surface area contributed by atoms with Crippen molar-refractivity contribution in [1.29, 1.82) is 0 Å². The molecule has 2 aromatic rings. The van der Waals surface area contributed by atoms with E-state index in [-0.39, 0.29) is 18.0 Å². The average molecular weight is 397 g/mol. The number of benzene rings is 2. The van der Waals surface area contributed by atoms with Crippen LogP contribution in [0.2, 0.25) is 0 Å². The molecule has 0 atom stereocenters. The molecule has 0 spiro atoms. The van der Waals surface area contributed by atoms with Gasteiger partial charge < -0.3 is 15.2 Å². The van der Waals surface area contributed by atoms with Gasteiger partial charge in [0.25, 0.3) is 5.91 Å². The zero-order valence-corrected chi connectivity index (χ0v) is 15.5. The van der Waals surface area contributed by atoms with Gasteiger partial charge in [0, 0.05) is 5.69 Å². The zero-order valence-electron chi connectivity index (χ0n) is 13.9. The van der Waals surface area contributed by atoms with E-state index < -0.39 is 11.9 Å². The van der Waals surface area contributed by atoms with E-state index >= 15 is 0 Å². The second-order valence-corrected chi connectivity index (χ2v) is 7.27. The first-order valence-electron chi connectivity index (χ1n) is 7.86. The Hall–Kier alpha value is -2.97. The van der Waals surface area contributed by atoms with Crippen LogP contribution in [0.15, 0.2) is 59.5 Å². The average Bonchev–Trinajstić information content (AvgIpc) is 2.90. The summed E-state index contributed by atoms with van der Waals surface area (Å²) in [5.41, 5.74) is 1.29. The minimum absolute atomic E-state index is 0.0102. The van der Waals surface area contributed by atoms with E-state index in [9.17, 15) is 19.5 Å². The molecule has 2 amide bonds. The van der Waals surface area contributed by atoms with Crippen LogP contribution in [0, 0.1) is 0 Å². The summed E-state index contributed by atoms with van der Waals surface area (Å²) in [6, 6.07) is 14.9. The number of hydrogen-bond donors (Lipinski definition) is 1. The highest BCUT2D eigenvalue weighted by atomic mass is 32.2. The molecule has 1 N–H and O–H groups in total. The van der Waals surface area contributed by atoms with Crippen molar-refractivity contribution < 1.29 is 19.5 Å². The number of rotatable bonds is 5. The second-order valence-electron chi connectivity index (χ2n) is 5.59. The Morgan fingerprint density at radius 3 is 2.41 bits per heavy atom. The normalized spacial score (nSPS) is 15.3. The van der Waals surface area contributed by atoms with E-state index in [1.807, 2.05) is 30.3 Å². The fourth-order valence-corrected chi connectivity index (χ4v) is 3.63. The van der Waals surface area contributed by atoms with Crippen molar-refractivity contribution in [3.8, 4) is 0 Å². The number of aromatic carboxylic acids is 1. The maximum absolute atomic E-state index is 12.5. The van der Waals surface area contributed by atoms with Gasteiger partial charge in [0.05, 0.1) is 10.9 Å². The Morgan fingerprint density at radius 2 is 1.78 bits per heavy atom. The van der Waals surface area contributed by atoms with E-state index in [4.69, 9.17) is 12.2 Å². The van der Waals surface area contributed by atoms with Crippen LogP contribution in [0.3, 0.4) is 0 Å². The van der Waals surface area contributed by atoms with Gasteiger partial charge in [0.15, 0.2) is 0 Å². The molecule has 0 unspecified atom stereocenters. The smallest absolute Gasteiger partial charge is 0.266 e. The molecule has 8 heteroatoms. The van der Waals surface area contributed by atoms with Gasteiger partial charge in [0.2, 0.25) is 5.91 Å². The van der Waals surface area contributed by atoms with Gasteiger partial charge in [-0.1, -0.05) is 66.4 Å². The molecule has 1 aliphatic rings. The van der Waals surface area contributed by atoms with E-state index in [0.29, 0.717) is 14.9 Å². The largest absolute Gasteiger partial charge is 0.545 e. The van der Waals surface area contributed by atoms with Crippen molar-refractivity contribution in [2.24, 2.45) is 0 Å². The standard InChI is InChI=1S/C19H14N2O4S2/c22-16(20-14-8-6-13(7-9-14)18(24)25)11-21-17(23)15(27-19(21)26)10-12-4-2-1-3-5-12/h1-10H,11H2,(H,20,22)(H,24,25)/p-1/b15-10+. The van der Waals surface area contributed by atoms with Crippen LogP contribution < -0.4 is 10.4 Å². The highest BCUT2D eigenvalue weighted by molar-refractivity contribution is 8.26. The van der Waals surface area contributed by atoms with Crippen LogP contribution in [0.4, 0.5) is 5.69 Å². The highest BCUT2D eigenvalue weighted by Gasteiger charge is 2.33. The first-order chi connectivity index (χ1) is 12.9. The molecule has 0 aliphatic carbocycles. The van der Waals surface area contributed by atoms with Crippen molar-refractivity contribution in [3.63, 3.8) is 0 Å². The van der Waals surface area contributed by atoms with E-state index in [1.165, 1.54) is 29.2 Å². The Labute approximate surface area is 164 Å². The number of amides is 2. The fourth-order valence-electron chi connectivity index (χ4n) is 2.37. The number of nitrogens with one attached hydrogen (secondary N) is 1. The molecule has 0 radical (unpaired) electrons. The molecule has 0 saturated carbocycles. The SMILES string of the molecule is O=C(CN1C(=O)/C(=C\c2ccccc2)SC1=S)Nc1ccc(C(=O)[O-])cc1. The number of hydrogen-bond acceptors (Lipinski definition) is 6. The van der Waals surface area contributed by atoms with Gasteiger partial charge in [-0.25, -0.2) is 0 Å². The van der Waals surface area contributed by atoms with E-state index in [0.717, 1.165) is 17.3 Å².